The van der Waals surface area contributed by atoms with Crippen LogP contribution in [0.5, 0.6) is 0 Å². The average molecular weight is 506 g/mol. The highest BCUT2D eigenvalue weighted by atomic mass is 32.1. The lowest BCUT2D eigenvalue weighted by atomic mass is 9.74. The van der Waals surface area contributed by atoms with Crippen LogP contribution in [0.25, 0.3) is 0 Å². The molecule has 1 aromatic carbocycles. The maximum absolute atomic E-state index is 13.4. The van der Waals surface area contributed by atoms with E-state index < -0.39 is 19.9 Å². The second kappa shape index (κ2) is 10.2. The molecule has 0 spiro atoms. The lowest BCUT2D eigenvalue weighted by molar-refractivity contribution is -0.176. The fourth-order valence-corrected chi connectivity index (χ4v) is 5.91. The van der Waals surface area contributed by atoms with Crippen molar-refractivity contribution in [2.45, 2.75) is 98.2 Å². The molecule has 34 heavy (non-hydrogen) atoms. The smallest absolute Gasteiger partial charge is 0.326 e. The molecule has 4 atom stereocenters. The van der Waals surface area contributed by atoms with Crippen molar-refractivity contribution >= 4 is 37.3 Å². The summed E-state index contributed by atoms with van der Waals surface area (Å²) in [6.45, 7) is 22.4. The Balaban J connectivity index is 2.33. The molecule has 1 heterocycles. The van der Waals surface area contributed by atoms with Crippen LogP contribution < -0.4 is 0 Å². The fourth-order valence-electron chi connectivity index (χ4n) is 4.20. The maximum atomic E-state index is 13.4. The summed E-state index contributed by atoms with van der Waals surface area (Å²) in [6.07, 6.45) is -0.267. The molecule has 0 unspecified atom stereocenters. The van der Waals surface area contributed by atoms with Crippen LogP contribution in [0.15, 0.2) is 24.3 Å². The van der Waals surface area contributed by atoms with Crippen molar-refractivity contribution in [3.63, 3.8) is 0 Å². The number of amides is 1. The van der Waals surface area contributed by atoms with Crippen LogP contribution in [0.2, 0.25) is 18.1 Å². The van der Waals surface area contributed by atoms with Gasteiger partial charge in [-0.3, -0.25) is 9.59 Å². The minimum Gasteiger partial charge on any atom is -0.459 e. The molecule has 1 saturated heterocycles. The van der Waals surface area contributed by atoms with Gasteiger partial charge in [0.1, 0.15) is 12.1 Å². The van der Waals surface area contributed by atoms with Crippen molar-refractivity contribution in [2.75, 3.05) is 6.54 Å². The molecule has 1 fully saturated rings. The Labute approximate surface area is 212 Å². The zero-order valence-electron chi connectivity index (χ0n) is 22.8. The van der Waals surface area contributed by atoms with Crippen molar-refractivity contribution in [1.29, 1.82) is 0 Å². The van der Waals surface area contributed by atoms with E-state index in [0.717, 1.165) is 10.4 Å². The van der Waals surface area contributed by atoms with E-state index in [1.54, 1.807) is 4.90 Å². The lowest BCUT2D eigenvalue weighted by Crippen LogP contribution is -2.69. The monoisotopic (exact) mass is 505 g/mol. The number of β-lactam (4-membered cyclic amide) rings is 1. The predicted molar refractivity (Wildman–Crippen MR) is 145 cm³/mol. The van der Waals surface area contributed by atoms with Gasteiger partial charge in [0.25, 0.3) is 0 Å². The third kappa shape index (κ3) is 6.55. The Hall–Kier alpha value is -1.57. The van der Waals surface area contributed by atoms with E-state index in [-0.39, 0.29) is 41.5 Å². The summed E-state index contributed by atoms with van der Waals surface area (Å²) in [4.78, 5) is 28.4. The summed E-state index contributed by atoms with van der Waals surface area (Å²) in [7, 11) is -2.09. The molecule has 5 nitrogen and oxygen atoms in total. The summed E-state index contributed by atoms with van der Waals surface area (Å²) in [5, 5.41) is 0.0303. The van der Waals surface area contributed by atoms with Crippen molar-refractivity contribution < 1.29 is 18.8 Å². The van der Waals surface area contributed by atoms with Gasteiger partial charge in [-0.1, -0.05) is 69.7 Å². The van der Waals surface area contributed by atoms with Crippen molar-refractivity contribution in [3.05, 3.63) is 35.4 Å². The highest BCUT2D eigenvalue weighted by Gasteiger charge is 2.55. The van der Waals surface area contributed by atoms with Gasteiger partial charge in [0.15, 0.2) is 8.32 Å². The first-order valence-corrected chi connectivity index (χ1v) is 15.5. The van der Waals surface area contributed by atoms with E-state index in [1.807, 2.05) is 65.8 Å². The highest BCUT2D eigenvalue weighted by Crippen LogP contribution is 2.42. The lowest BCUT2D eigenvalue weighted by Gasteiger charge is -2.53. The third-order valence-corrected chi connectivity index (χ3v) is 12.3. The number of hydrogen-bond acceptors (Lipinski definition) is 5. The average Bonchev–Trinajstić information content (AvgIpc) is 2.66. The number of likely N-dealkylation sites (tertiary alicyclic amines) is 1. The Kier molecular flexibility index (Phi) is 8.59. The van der Waals surface area contributed by atoms with Crippen LogP contribution in [0.4, 0.5) is 0 Å². The number of carbonyl (C=O) groups is 2. The quantitative estimate of drug-likeness (QED) is 0.144. The van der Waals surface area contributed by atoms with Gasteiger partial charge in [0.05, 0.1) is 18.1 Å². The van der Waals surface area contributed by atoms with Crippen LogP contribution in [0, 0.1) is 18.8 Å². The van der Waals surface area contributed by atoms with E-state index >= 15 is 0 Å². The van der Waals surface area contributed by atoms with Gasteiger partial charge in [-0.05, 0) is 58.3 Å². The second-order valence-corrected chi connectivity index (χ2v) is 17.4. The molecule has 0 bridgehead atoms. The molecule has 1 aromatic rings. The summed E-state index contributed by atoms with van der Waals surface area (Å²) in [6, 6.07) is 7.90. The zero-order chi connectivity index (χ0) is 26.2. The number of thiocarbonyl (C=S) groups is 1. The predicted octanol–water partition coefficient (Wildman–Crippen LogP) is 5.93. The summed E-state index contributed by atoms with van der Waals surface area (Å²) < 4.78 is 12.1. The molecular formula is C27H43NO4SSi. The second-order valence-electron chi connectivity index (χ2n) is 12.2. The maximum Gasteiger partial charge on any atom is 0.326 e. The van der Waals surface area contributed by atoms with Gasteiger partial charge < -0.3 is 14.1 Å². The van der Waals surface area contributed by atoms with Gasteiger partial charge >= 0.3 is 5.97 Å². The topological polar surface area (TPSA) is 55.8 Å². The van der Waals surface area contributed by atoms with E-state index in [4.69, 9.17) is 21.4 Å². The summed E-state index contributed by atoms with van der Waals surface area (Å²) in [5.74, 6) is -0.945. The number of ether oxygens (including phenoxy) is 1. The van der Waals surface area contributed by atoms with Crippen LogP contribution in [-0.4, -0.2) is 54.2 Å². The molecule has 0 N–H and O–H groups in total. The highest BCUT2D eigenvalue weighted by molar-refractivity contribution is 7.80. The van der Waals surface area contributed by atoms with Crippen LogP contribution in [-0.2, 0) is 18.8 Å². The summed E-state index contributed by atoms with van der Waals surface area (Å²) >= 11 is 5.88. The Morgan fingerprint density at radius 2 is 1.62 bits per heavy atom. The molecule has 7 heteroatoms. The van der Waals surface area contributed by atoms with Gasteiger partial charge in [-0.2, -0.15) is 0 Å². The third-order valence-electron chi connectivity index (χ3n) is 7.07. The molecular weight excluding hydrogens is 462 g/mol. The minimum atomic E-state index is -2.09. The molecule has 1 amide bonds. The van der Waals surface area contributed by atoms with Gasteiger partial charge in [0, 0.05) is 10.8 Å². The Morgan fingerprint density at radius 1 is 1.09 bits per heavy atom. The Bertz CT molecular complexity index is 914. The van der Waals surface area contributed by atoms with Crippen LogP contribution >= 0.6 is 12.2 Å². The van der Waals surface area contributed by atoms with Crippen LogP contribution in [0.3, 0.4) is 0 Å². The van der Waals surface area contributed by atoms with E-state index in [1.165, 1.54) is 5.56 Å². The van der Waals surface area contributed by atoms with Gasteiger partial charge in [0.2, 0.25) is 5.91 Å². The molecule has 1 aliphatic heterocycles. The van der Waals surface area contributed by atoms with E-state index in [0.29, 0.717) is 0 Å². The normalized spacial score (nSPS) is 21.0. The summed E-state index contributed by atoms with van der Waals surface area (Å²) in [5.41, 5.74) is 1.53. The first-order chi connectivity index (χ1) is 15.4. The molecule has 0 aliphatic carbocycles. The Morgan fingerprint density at radius 3 is 2.09 bits per heavy atom. The number of carbonyl (C=O) groups excluding carboxylic acids is 2. The molecule has 2 rings (SSSR count). The van der Waals surface area contributed by atoms with E-state index in [9.17, 15) is 9.59 Å². The van der Waals surface area contributed by atoms with Crippen molar-refractivity contribution in [2.24, 2.45) is 11.8 Å². The minimum absolute atomic E-state index is 0.0303. The SMILES string of the molecule is Cc1ccc(C(=S)[C@H](C)[C@@H]2[C@@H]([C@@H](C)O[Si](C)(C)C(C)(C)C)C(=O)N2CC(=O)OC(C)(C)C)cc1. The number of aryl methyl sites for hydroxylation is 1. The fraction of sp³-hybridized carbons (Fsp3) is 0.667. The molecule has 0 saturated carbocycles. The molecule has 0 aromatic heterocycles. The first kappa shape index (κ1) is 28.7. The molecule has 190 valence electrons. The number of esters is 1. The van der Waals surface area contributed by atoms with Crippen molar-refractivity contribution in [3.8, 4) is 0 Å². The number of benzene rings is 1. The van der Waals surface area contributed by atoms with Crippen LogP contribution in [0.1, 0.15) is 66.5 Å². The first-order valence-electron chi connectivity index (χ1n) is 12.2. The number of nitrogens with zero attached hydrogens (tertiary/aromatic N) is 1. The van der Waals surface area contributed by atoms with Gasteiger partial charge in [-0.25, -0.2) is 0 Å². The molecule has 1 aliphatic rings. The largest absolute Gasteiger partial charge is 0.459 e. The standard InChI is InChI=1S/C27H43NO4SSi/c1-17-12-14-20(15-13-17)24(33)18(2)23-22(19(3)32-34(10,11)27(7,8)9)25(30)28(23)16-21(29)31-26(4,5)6/h12-15,18-19,22-23H,16H2,1-11H3/t18-,19-,22-,23-/m1/s1. The number of rotatable bonds is 8. The van der Waals surface area contributed by atoms with E-state index in [2.05, 4.69) is 33.9 Å². The molecule has 0 radical (unpaired) electrons. The zero-order valence-corrected chi connectivity index (χ0v) is 24.6. The van der Waals surface area contributed by atoms with Gasteiger partial charge in [-0.15, -0.1) is 0 Å². The van der Waals surface area contributed by atoms with Crippen molar-refractivity contribution in [1.82, 2.24) is 4.90 Å². The number of hydrogen-bond donors (Lipinski definition) is 0.